The number of aryl methyl sites for hydroxylation is 2. The topological polar surface area (TPSA) is 66.4 Å². The van der Waals surface area contributed by atoms with Crippen LogP contribution in [0.5, 0.6) is 0 Å². The molecule has 0 aliphatic heterocycles. The van der Waals surface area contributed by atoms with Crippen molar-refractivity contribution in [2.45, 2.75) is 38.1 Å². The van der Waals surface area contributed by atoms with Crippen LogP contribution in [0.2, 0.25) is 0 Å². The molecule has 0 aliphatic rings. The van der Waals surface area contributed by atoms with Crippen LogP contribution in [-0.4, -0.2) is 28.8 Å². The number of rotatable bonds is 6. The van der Waals surface area contributed by atoms with Crippen LogP contribution in [0.3, 0.4) is 0 Å². The van der Waals surface area contributed by atoms with E-state index in [0.717, 1.165) is 16.0 Å². The SMILES string of the molecule is CC[C@H](NC(=O)CSc1cc(C)ccc1C)C(=O)O. The van der Waals surface area contributed by atoms with Crippen LogP contribution in [0.15, 0.2) is 23.1 Å². The molecule has 1 amide bonds. The molecule has 0 aliphatic carbocycles. The Morgan fingerprint density at radius 2 is 2.05 bits per heavy atom. The monoisotopic (exact) mass is 281 g/mol. The Morgan fingerprint density at radius 3 is 2.63 bits per heavy atom. The quantitative estimate of drug-likeness (QED) is 0.786. The van der Waals surface area contributed by atoms with E-state index < -0.39 is 12.0 Å². The van der Waals surface area contributed by atoms with E-state index in [9.17, 15) is 9.59 Å². The van der Waals surface area contributed by atoms with E-state index in [4.69, 9.17) is 5.11 Å². The average molecular weight is 281 g/mol. The van der Waals surface area contributed by atoms with Crippen molar-refractivity contribution < 1.29 is 14.7 Å². The summed E-state index contributed by atoms with van der Waals surface area (Å²) in [4.78, 5) is 23.6. The third-order valence-corrected chi connectivity index (χ3v) is 3.90. The number of carboxylic acids is 1. The Morgan fingerprint density at radius 1 is 1.37 bits per heavy atom. The average Bonchev–Trinajstić information content (AvgIpc) is 2.36. The first kappa shape index (κ1) is 15.6. The minimum atomic E-state index is -0.993. The van der Waals surface area contributed by atoms with Crippen LogP contribution in [0.1, 0.15) is 24.5 Å². The van der Waals surface area contributed by atoms with Gasteiger partial charge in [0.2, 0.25) is 5.91 Å². The van der Waals surface area contributed by atoms with Crippen LogP contribution in [-0.2, 0) is 9.59 Å². The predicted octanol–water partition coefficient (Wildman–Crippen LogP) is 2.37. The molecule has 4 nitrogen and oxygen atoms in total. The number of aliphatic carboxylic acids is 1. The largest absolute Gasteiger partial charge is 0.480 e. The first-order valence-corrected chi connectivity index (χ1v) is 7.14. The highest BCUT2D eigenvalue weighted by atomic mass is 32.2. The zero-order valence-corrected chi connectivity index (χ0v) is 12.2. The van der Waals surface area contributed by atoms with Gasteiger partial charge in [-0.25, -0.2) is 4.79 Å². The van der Waals surface area contributed by atoms with Gasteiger partial charge in [-0.3, -0.25) is 4.79 Å². The lowest BCUT2D eigenvalue weighted by Gasteiger charge is -2.12. The Bertz CT molecular complexity index is 474. The lowest BCUT2D eigenvalue weighted by atomic mass is 10.2. The summed E-state index contributed by atoms with van der Waals surface area (Å²) in [6, 6.07) is 5.27. The van der Waals surface area contributed by atoms with Crippen molar-refractivity contribution in [1.29, 1.82) is 0 Å². The Balaban J connectivity index is 2.54. The van der Waals surface area contributed by atoms with Crippen molar-refractivity contribution in [2.24, 2.45) is 0 Å². The highest BCUT2D eigenvalue weighted by Crippen LogP contribution is 2.23. The lowest BCUT2D eigenvalue weighted by Crippen LogP contribution is -2.41. The number of hydrogen-bond donors (Lipinski definition) is 2. The summed E-state index contributed by atoms with van der Waals surface area (Å²) in [5, 5.41) is 11.4. The zero-order chi connectivity index (χ0) is 14.4. The first-order chi connectivity index (χ1) is 8.93. The summed E-state index contributed by atoms with van der Waals surface area (Å²) in [5.41, 5.74) is 2.26. The van der Waals surface area contributed by atoms with Gasteiger partial charge in [0.05, 0.1) is 5.75 Å². The van der Waals surface area contributed by atoms with E-state index in [0.29, 0.717) is 6.42 Å². The molecule has 104 valence electrons. The van der Waals surface area contributed by atoms with Gasteiger partial charge >= 0.3 is 5.97 Å². The second-order valence-corrected chi connectivity index (χ2v) is 5.44. The number of carbonyl (C=O) groups excluding carboxylic acids is 1. The van der Waals surface area contributed by atoms with Gasteiger partial charge in [-0.05, 0) is 31.9 Å². The molecule has 1 rings (SSSR count). The summed E-state index contributed by atoms with van der Waals surface area (Å²) in [6.07, 6.45) is 0.384. The molecule has 0 heterocycles. The molecule has 0 bridgehead atoms. The molecule has 1 atom stereocenters. The summed E-state index contributed by atoms with van der Waals surface area (Å²) < 4.78 is 0. The molecule has 0 aromatic heterocycles. The highest BCUT2D eigenvalue weighted by Gasteiger charge is 2.17. The van der Waals surface area contributed by atoms with Gasteiger partial charge in [-0.15, -0.1) is 11.8 Å². The molecule has 0 saturated heterocycles. The van der Waals surface area contributed by atoms with Crippen LogP contribution >= 0.6 is 11.8 Å². The van der Waals surface area contributed by atoms with Crippen LogP contribution in [0, 0.1) is 13.8 Å². The molecule has 5 heteroatoms. The summed E-state index contributed by atoms with van der Waals surface area (Å²) in [5.74, 6) is -1.01. The zero-order valence-electron chi connectivity index (χ0n) is 11.4. The minimum Gasteiger partial charge on any atom is -0.480 e. The molecule has 0 unspecified atom stereocenters. The molecule has 0 saturated carbocycles. The standard InChI is InChI=1S/C14H19NO3S/c1-4-11(14(17)18)15-13(16)8-19-12-7-9(2)5-6-10(12)3/h5-7,11H,4,8H2,1-3H3,(H,15,16)(H,17,18)/t11-/m0/s1. The number of benzene rings is 1. The van der Waals surface area contributed by atoms with Gasteiger partial charge < -0.3 is 10.4 Å². The smallest absolute Gasteiger partial charge is 0.326 e. The number of carbonyl (C=O) groups is 2. The van der Waals surface area contributed by atoms with E-state index in [1.54, 1.807) is 6.92 Å². The third-order valence-electron chi connectivity index (χ3n) is 2.74. The van der Waals surface area contributed by atoms with Crippen molar-refractivity contribution in [3.63, 3.8) is 0 Å². The maximum absolute atomic E-state index is 11.7. The Kier molecular flexibility index (Phi) is 5.89. The summed E-state index contributed by atoms with van der Waals surface area (Å²) >= 11 is 1.43. The summed E-state index contributed by atoms with van der Waals surface area (Å²) in [7, 11) is 0. The van der Waals surface area contributed by atoms with Gasteiger partial charge in [0.15, 0.2) is 0 Å². The van der Waals surface area contributed by atoms with E-state index in [1.807, 2.05) is 32.0 Å². The fourth-order valence-corrected chi connectivity index (χ4v) is 2.52. The normalized spacial score (nSPS) is 11.9. The first-order valence-electron chi connectivity index (χ1n) is 6.16. The molecule has 0 spiro atoms. The number of nitrogens with one attached hydrogen (secondary N) is 1. The van der Waals surface area contributed by atoms with Gasteiger partial charge in [0.1, 0.15) is 6.04 Å². The fourth-order valence-electron chi connectivity index (χ4n) is 1.58. The van der Waals surface area contributed by atoms with Gasteiger partial charge in [0, 0.05) is 4.90 Å². The van der Waals surface area contributed by atoms with Crippen molar-refractivity contribution in [3.8, 4) is 0 Å². The van der Waals surface area contributed by atoms with E-state index >= 15 is 0 Å². The fraction of sp³-hybridized carbons (Fsp3) is 0.429. The van der Waals surface area contributed by atoms with Crippen molar-refractivity contribution >= 4 is 23.6 Å². The summed E-state index contributed by atoms with van der Waals surface area (Å²) in [6.45, 7) is 5.73. The van der Waals surface area contributed by atoms with E-state index in [1.165, 1.54) is 11.8 Å². The molecule has 0 radical (unpaired) electrons. The van der Waals surface area contributed by atoms with Crippen LogP contribution < -0.4 is 5.32 Å². The maximum atomic E-state index is 11.7. The second-order valence-electron chi connectivity index (χ2n) is 4.42. The Labute approximate surface area is 117 Å². The molecular formula is C14H19NO3S. The molecular weight excluding hydrogens is 262 g/mol. The molecule has 1 aromatic rings. The number of amides is 1. The minimum absolute atomic E-state index is 0.230. The maximum Gasteiger partial charge on any atom is 0.326 e. The van der Waals surface area contributed by atoms with Crippen LogP contribution in [0.4, 0.5) is 0 Å². The molecule has 19 heavy (non-hydrogen) atoms. The van der Waals surface area contributed by atoms with E-state index in [2.05, 4.69) is 5.32 Å². The number of carboxylic acid groups (broad SMARTS) is 1. The third kappa shape index (κ3) is 4.95. The van der Waals surface area contributed by atoms with E-state index in [-0.39, 0.29) is 11.7 Å². The van der Waals surface area contributed by atoms with Gasteiger partial charge in [-0.1, -0.05) is 24.6 Å². The van der Waals surface area contributed by atoms with Crippen LogP contribution in [0.25, 0.3) is 0 Å². The molecule has 0 fully saturated rings. The second kappa shape index (κ2) is 7.19. The lowest BCUT2D eigenvalue weighted by molar-refractivity contribution is -0.141. The van der Waals surface area contributed by atoms with Crippen molar-refractivity contribution in [1.82, 2.24) is 5.32 Å². The predicted molar refractivity (Wildman–Crippen MR) is 76.5 cm³/mol. The van der Waals surface area contributed by atoms with Gasteiger partial charge in [-0.2, -0.15) is 0 Å². The van der Waals surface area contributed by atoms with Crippen molar-refractivity contribution in [2.75, 3.05) is 5.75 Å². The Hall–Kier alpha value is -1.49. The number of hydrogen-bond acceptors (Lipinski definition) is 3. The van der Waals surface area contributed by atoms with Crippen molar-refractivity contribution in [3.05, 3.63) is 29.3 Å². The molecule has 2 N–H and O–H groups in total. The molecule has 1 aromatic carbocycles. The highest BCUT2D eigenvalue weighted by molar-refractivity contribution is 8.00. The van der Waals surface area contributed by atoms with Gasteiger partial charge in [0.25, 0.3) is 0 Å². The number of thioether (sulfide) groups is 1.